The maximum Gasteiger partial charge on any atom is 0.497 e. The van der Waals surface area contributed by atoms with E-state index in [-0.39, 0.29) is 4.90 Å². The molecule has 0 N–H and O–H groups in total. The third-order valence-corrected chi connectivity index (χ3v) is 4.88. The van der Waals surface area contributed by atoms with Crippen LogP contribution in [0.25, 0.3) is 5.53 Å². The van der Waals surface area contributed by atoms with Gasteiger partial charge in [0.25, 0.3) is 20.5 Å². The first-order valence-electron chi connectivity index (χ1n) is 3.76. The molecular weight excluding hydrogens is 276 g/mol. The van der Waals surface area contributed by atoms with Gasteiger partial charge in [0.15, 0.2) is 0 Å². The number of hydrogen-bond acceptors (Lipinski definition) is 4. The third kappa shape index (κ3) is 2.48. The minimum absolute atomic E-state index is 0.299. The van der Waals surface area contributed by atoms with Gasteiger partial charge in [0.2, 0.25) is 0 Å². The normalized spacial score (nSPS) is 11.1. The van der Waals surface area contributed by atoms with Gasteiger partial charge in [-0.1, -0.05) is 11.6 Å². The quantitative estimate of drug-likeness (QED) is 0.263. The molecule has 0 fully saturated rings. The standard InChI is InChI=1S/C7H5ClN2O4S2/c8-5-1-3-6(4-2-5)16(13,14)7(10-9)15(11)12/h1-4,15H. The molecule has 0 unspecified atom stereocenters. The van der Waals surface area contributed by atoms with E-state index in [2.05, 4.69) is 4.79 Å². The molecule has 86 valence electrons. The predicted octanol–water partition coefficient (Wildman–Crippen LogP) is 0.311. The van der Waals surface area contributed by atoms with E-state index < -0.39 is 24.9 Å². The summed E-state index contributed by atoms with van der Waals surface area (Å²) >= 11 is 5.54. The zero-order valence-corrected chi connectivity index (χ0v) is 10.0. The van der Waals surface area contributed by atoms with Gasteiger partial charge >= 0.3 is 4.38 Å². The van der Waals surface area contributed by atoms with Gasteiger partial charge in [0.05, 0.1) is 4.90 Å². The fraction of sp³-hybridized carbons (Fsp3) is 0. The molecule has 0 amide bonds. The third-order valence-electron chi connectivity index (χ3n) is 1.61. The smallest absolute Gasteiger partial charge is 0.359 e. The maximum absolute atomic E-state index is 11.6. The van der Waals surface area contributed by atoms with Gasteiger partial charge in [-0.15, -0.1) is 4.79 Å². The number of thiol groups is 1. The van der Waals surface area contributed by atoms with E-state index in [1.165, 1.54) is 12.1 Å². The van der Waals surface area contributed by atoms with Gasteiger partial charge in [-0.05, 0) is 24.3 Å². The minimum atomic E-state index is -4.32. The molecule has 1 aromatic carbocycles. The molecule has 0 aliphatic heterocycles. The summed E-state index contributed by atoms with van der Waals surface area (Å²) in [6, 6.07) is 4.78. The average Bonchev–Trinajstić information content (AvgIpc) is 2.18. The Morgan fingerprint density at radius 2 is 1.75 bits per heavy atom. The average molecular weight is 281 g/mol. The molecule has 0 heterocycles. The zero-order chi connectivity index (χ0) is 12.3. The molecule has 0 bridgehead atoms. The van der Waals surface area contributed by atoms with Crippen molar-refractivity contribution in [3.8, 4) is 0 Å². The Morgan fingerprint density at radius 3 is 2.12 bits per heavy atom. The van der Waals surface area contributed by atoms with Crippen molar-refractivity contribution in [1.82, 2.24) is 0 Å². The summed E-state index contributed by atoms with van der Waals surface area (Å²) in [4.78, 5) is 1.94. The van der Waals surface area contributed by atoms with Crippen LogP contribution in [0.4, 0.5) is 0 Å². The summed E-state index contributed by atoms with van der Waals surface area (Å²) in [6.07, 6.45) is 0. The first-order valence-corrected chi connectivity index (χ1v) is 6.80. The van der Waals surface area contributed by atoms with Crippen molar-refractivity contribution in [2.45, 2.75) is 4.90 Å². The topological polar surface area (TPSA) is 105 Å². The van der Waals surface area contributed by atoms with Crippen LogP contribution in [0.15, 0.2) is 29.2 Å². The summed E-state index contributed by atoms with van der Waals surface area (Å²) in [5.74, 6) is 0. The van der Waals surface area contributed by atoms with E-state index >= 15 is 0 Å². The molecule has 1 rings (SSSR count). The second-order valence-corrected chi connectivity index (χ2v) is 6.14. The van der Waals surface area contributed by atoms with E-state index in [1.807, 2.05) is 0 Å². The van der Waals surface area contributed by atoms with Crippen LogP contribution in [0.1, 0.15) is 0 Å². The first-order chi connectivity index (χ1) is 7.39. The molecule has 0 saturated heterocycles. The number of nitrogens with zero attached hydrogens (tertiary/aromatic N) is 2. The lowest BCUT2D eigenvalue weighted by Crippen LogP contribution is -2.17. The van der Waals surface area contributed by atoms with Gasteiger partial charge in [-0.3, -0.25) is 0 Å². The molecule has 6 nitrogen and oxygen atoms in total. The van der Waals surface area contributed by atoms with Crippen LogP contribution >= 0.6 is 11.6 Å². The highest BCUT2D eigenvalue weighted by molar-refractivity contribution is 8.24. The minimum Gasteiger partial charge on any atom is -0.359 e. The lowest BCUT2D eigenvalue weighted by molar-refractivity contribution is 0.00409. The SMILES string of the molecule is [N-]=[N+]=C([SH](=O)=O)S(=O)(=O)c1ccc(Cl)cc1. The second kappa shape index (κ2) is 4.75. The fourth-order valence-electron chi connectivity index (χ4n) is 0.908. The Labute approximate surface area is 98.0 Å². The molecule has 0 aromatic heterocycles. The molecule has 1 aromatic rings. The Bertz CT molecular complexity index is 619. The summed E-state index contributed by atoms with van der Waals surface area (Å²) in [5, 5.41) is 0.299. The molecule has 0 aliphatic carbocycles. The van der Waals surface area contributed by atoms with E-state index in [0.717, 1.165) is 12.1 Å². The van der Waals surface area contributed by atoms with Crippen molar-refractivity contribution in [1.29, 1.82) is 0 Å². The Morgan fingerprint density at radius 1 is 1.25 bits per heavy atom. The van der Waals surface area contributed by atoms with Crippen LogP contribution in [-0.4, -0.2) is 26.0 Å². The van der Waals surface area contributed by atoms with Crippen LogP contribution in [0.5, 0.6) is 0 Å². The lowest BCUT2D eigenvalue weighted by Gasteiger charge is -1.96. The van der Waals surface area contributed by atoms with E-state index in [0.29, 0.717) is 5.02 Å². The van der Waals surface area contributed by atoms with Crippen molar-refractivity contribution in [2.75, 3.05) is 0 Å². The van der Waals surface area contributed by atoms with Gasteiger partial charge in [-0.25, -0.2) is 16.8 Å². The Kier molecular flexibility index (Phi) is 3.82. The molecule has 0 aliphatic rings. The van der Waals surface area contributed by atoms with Crippen LogP contribution in [-0.2, 0) is 20.5 Å². The Hall–Kier alpha value is -1.21. The van der Waals surface area contributed by atoms with Gasteiger partial charge in [0.1, 0.15) is 0 Å². The number of sulfone groups is 1. The highest BCUT2D eigenvalue weighted by atomic mass is 35.5. The van der Waals surface area contributed by atoms with Crippen LogP contribution in [0.2, 0.25) is 5.02 Å². The molecular formula is C7H5ClN2O4S2. The largest absolute Gasteiger partial charge is 0.497 e. The number of benzene rings is 1. The Balaban J connectivity index is 3.44. The number of rotatable bonds is 1. The number of hydrogen-bond donors (Lipinski definition) is 1. The molecule has 0 radical (unpaired) electrons. The zero-order valence-electron chi connectivity index (χ0n) is 7.57. The van der Waals surface area contributed by atoms with Gasteiger partial charge in [-0.2, -0.15) is 0 Å². The van der Waals surface area contributed by atoms with Crippen molar-refractivity contribution < 1.29 is 21.6 Å². The highest BCUT2D eigenvalue weighted by Gasteiger charge is 2.33. The van der Waals surface area contributed by atoms with Crippen molar-refractivity contribution in [2.24, 2.45) is 0 Å². The van der Waals surface area contributed by atoms with Crippen LogP contribution in [0.3, 0.4) is 0 Å². The van der Waals surface area contributed by atoms with Crippen molar-refractivity contribution >= 4 is 36.5 Å². The van der Waals surface area contributed by atoms with Gasteiger partial charge < -0.3 is 5.53 Å². The second-order valence-electron chi connectivity index (χ2n) is 2.60. The summed E-state index contributed by atoms with van der Waals surface area (Å²) in [5.41, 5.74) is 8.35. The molecule has 16 heavy (non-hydrogen) atoms. The molecule has 9 heteroatoms. The fourth-order valence-corrected chi connectivity index (χ4v) is 3.02. The summed E-state index contributed by atoms with van der Waals surface area (Å²) in [6.45, 7) is 0. The predicted molar refractivity (Wildman–Crippen MR) is 57.6 cm³/mol. The van der Waals surface area contributed by atoms with E-state index in [1.54, 1.807) is 0 Å². The van der Waals surface area contributed by atoms with Crippen molar-refractivity contribution in [3.05, 3.63) is 34.8 Å². The highest BCUT2D eigenvalue weighted by Crippen LogP contribution is 2.16. The summed E-state index contributed by atoms with van der Waals surface area (Å²) in [7, 11) is -7.83. The maximum atomic E-state index is 11.6. The van der Waals surface area contributed by atoms with E-state index in [9.17, 15) is 16.8 Å². The van der Waals surface area contributed by atoms with Crippen LogP contribution in [0, 0.1) is 0 Å². The number of halogens is 1. The molecule has 0 spiro atoms. The van der Waals surface area contributed by atoms with E-state index in [4.69, 9.17) is 17.1 Å². The first kappa shape index (κ1) is 12.9. The lowest BCUT2D eigenvalue weighted by atomic mass is 10.4. The molecule has 0 atom stereocenters. The van der Waals surface area contributed by atoms with Crippen molar-refractivity contribution in [3.63, 3.8) is 0 Å². The van der Waals surface area contributed by atoms with Gasteiger partial charge in [0, 0.05) is 5.02 Å². The van der Waals surface area contributed by atoms with Crippen LogP contribution < -0.4 is 0 Å². The molecule has 0 saturated carbocycles. The summed E-state index contributed by atoms with van der Waals surface area (Å²) < 4.78 is 43.0. The monoisotopic (exact) mass is 280 g/mol.